The molecule has 2 amide bonds. The molecular formula is C71H68F4N8O4. The predicted octanol–water partition coefficient (Wildman–Crippen LogP) is 15.6. The van der Waals surface area contributed by atoms with Crippen LogP contribution in [0.5, 0.6) is 0 Å². The number of aromatic carboxylic acids is 1. The number of amides is 2. The molecule has 12 nitrogen and oxygen atoms in total. The van der Waals surface area contributed by atoms with E-state index in [9.17, 15) is 37.1 Å². The Hall–Kier alpha value is -9.96. The standard InChI is InChI=1S/C26H25F2N3O.C26H23F2N3O.C19H20N2O2/c2*1-16(2)25-24(26(32)30-14-18-8-10-21(27)22(28)13-18)20-9-7-17(3)12-23(20)31(25)15-19-6-4-5-11-29-19;1-12(2)18-17(19(22)23)15-8-7-13(3)10-16(15)21(18)11-14-6-4-5-9-20-14/h4-13,16H,14-15H2,1-3H3,(H,30,32);4-13H,1,14-15H2,2-3H3,(H,30,32);4-10,12H,11H2,1-3H3,(H,22,23). The highest BCUT2D eigenvalue weighted by atomic mass is 19.2. The van der Waals surface area contributed by atoms with E-state index in [1.807, 2.05) is 139 Å². The smallest absolute Gasteiger partial charge is 0.338 e. The van der Waals surface area contributed by atoms with Gasteiger partial charge in [0.15, 0.2) is 23.3 Å². The molecule has 87 heavy (non-hydrogen) atoms. The highest BCUT2D eigenvalue weighted by Crippen LogP contribution is 2.36. The molecule has 0 atom stereocenters. The Morgan fingerprint density at radius 2 is 0.851 bits per heavy atom. The first-order chi connectivity index (χ1) is 41.7. The molecule has 6 heterocycles. The predicted molar refractivity (Wildman–Crippen MR) is 335 cm³/mol. The fourth-order valence-corrected chi connectivity index (χ4v) is 11.1. The maximum atomic E-state index is 13.6. The van der Waals surface area contributed by atoms with Gasteiger partial charge in [-0.05, 0) is 152 Å². The molecule has 0 aliphatic heterocycles. The number of halogens is 4. The van der Waals surface area contributed by atoms with Crippen molar-refractivity contribution in [2.45, 2.75) is 99.9 Å². The fraction of sp³-hybridized carbons (Fsp3) is 0.211. The molecule has 0 aliphatic carbocycles. The van der Waals surface area contributed by atoms with Crippen molar-refractivity contribution < 1.29 is 37.1 Å². The number of carboxylic acids is 1. The van der Waals surface area contributed by atoms with E-state index < -0.39 is 29.2 Å². The van der Waals surface area contributed by atoms with E-state index in [1.165, 1.54) is 12.1 Å². The van der Waals surface area contributed by atoms with Crippen LogP contribution in [0.25, 0.3) is 38.3 Å². The molecule has 3 N–H and O–H groups in total. The van der Waals surface area contributed by atoms with Crippen LogP contribution in [0.2, 0.25) is 0 Å². The summed E-state index contributed by atoms with van der Waals surface area (Å²) in [6, 6.07) is 42.4. The van der Waals surface area contributed by atoms with Gasteiger partial charge in [0.2, 0.25) is 0 Å². The second-order valence-electron chi connectivity index (χ2n) is 22.3. The lowest BCUT2D eigenvalue weighted by molar-refractivity contribution is 0.0696. The van der Waals surface area contributed by atoms with Crippen molar-refractivity contribution >= 4 is 56.1 Å². The first kappa shape index (κ1) is 61.6. The fourth-order valence-electron chi connectivity index (χ4n) is 11.1. The van der Waals surface area contributed by atoms with Gasteiger partial charge in [-0.1, -0.05) is 101 Å². The monoisotopic (exact) mass is 1170 g/mol. The highest BCUT2D eigenvalue weighted by molar-refractivity contribution is 6.11. The van der Waals surface area contributed by atoms with Crippen LogP contribution in [-0.4, -0.2) is 51.5 Å². The number of fused-ring (bicyclic) bond motifs is 3. The average Bonchev–Trinajstić information content (AvgIpc) is 1.66. The van der Waals surface area contributed by atoms with Crippen molar-refractivity contribution in [1.82, 2.24) is 39.3 Å². The SMILES string of the molecule is C=C(C)c1c(C(=O)NCc2ccc(F)c(F)c2)c2ccc(C)cc2n1Cc1ccccn1.Cc1ccc2c(C(=O)NCc3ccc(F)c(F)c3)c(C(C)C)n(Cc3ccccn3)c2c1.Cc1ccc2c(C(=O)O)c(C(C)C)n(Cc3ccccn3)c2c1. The topological polar surface area (TPSA) is 149 Å². The molecular weight excluding hydrogens is 1100 g/mol. The largest absolute Gasteiger partial charge is 0.478 e. The number of hydrogen-bond donors (Lipinski definition) is 3. The number of carboxylic acid groups (broad SMARTS) is 1. The maximum absolute atomic E-state index is 13.6. The van der Waals surface area contributed by atoms with Crippen LogP contribution in [-0.2, 0) is 32.7 Å². The van der Waals surface area contributed by atoms with Crippen LogP contribution >= 0.6 is 0 Å². The van der Waals surface area contributed by atoms with Gasteiger partial charge < -0.3 is 29.4 Å². The minimum atomic E-state index is -0.943. The van der Waals surface area contributed by atoms with Gasteiger partial charge in [0, 0.05) is 75.8 Å². The van der Waals surface area contributed by atoms with Crippen molar-refractivity contribution in [3.05, 3.63) is 273 Å². The van der Waals surface area contributed by atoms with Crippen LogP contribution in [0.4, 0.5) is 17.6 Å². The molecule has 11 rings (SSSR count). The molecule has 0 spiro atoms. The number of rotatable bonds is 16. The lowest BCUT2D eigenvalue weighted by atomic mass is 10.0. The van der Waals surface area contributed by atoms with Gasteiger partial charge >= 0.3 is 5.97 Å². The first-order valence-corrected chi connectivity index (χ1v) is 28.6. The van der Waals surface area contributed by atoms with E-state index in [1.54, 1.807) is 18.6 Å². The summed E-state index contributed by atoms with van der Waals surface area (Å²) >= 11 is 0. The quantitative estimate of drug-likeness (QED) is 0.0816. The van der Waals surface area contributed by atoms with Crippen molar-refractivity contribution in [1.29, 1.82) is 0 Å². The minimum Gasteiger partial charge on any atom is -0.478 e. The molecule has 0 unspecified atom stereocenters. The van der Waals surface area contributed by atoms with Gasteiger partial charge in [-0.15, -0.1) is 0 Å². The summed E-state index contributed by atoms with van der Waals surface area (Å²) in [5, 5.41) is 17.9. The zero-order valence-corrected chi connectivity index (χ0v) is 49.9. The third-order valence-electron chi connectivity index (χ3n) is 14.9. The van der Waals surface area contributed by atoms with Gasteiger partial charge in [0.05, 0.1) is 59.1 Å². The van der Waals surface area contributed by atoms with Crippen molar-refractivity contribution in [2.75, 3.05) is 0 Å². The Morgan fingerprint density at radius 3 is 1.22 bits per heavy atom. The summed E-state index contributed by atoms with van der Waals surface area (Å²) in [6.45, 7) is 22.0. The first-order valence-electron chi connectivity index (χ1n) is 28.6. The van der Waals surface area contributed by atoms with Gasteiger partial charge in [0.1, 0.15) is 0 Å². The number of carbonyl (C=O) groups is 3. The summed E-state index contributed by atoms with van der Waals surface area (Å²) in [7, 11) is 0. The van der Waals surface area contributed by atoms with Crippen LogP contribution in [0.3, 0.4) is 0 Å². The average molecular weight is 1170 g/mol. The molecule has 16 heteroatoms. The number of pyridine rings is 3. The van der Waals surface area contributed by atoms with Crippen LogP contribution in [0, 0.1) is 44.0 Å². The Labute approximate surface area is 502 Å². The number of carbonyl (C=O) groups excluding carboxylic acids is 2. The summed E-state index contributed by atoms with van der Waals surface area (Å²) in [5.41, 5.74) is 14.5. The summed E-state index contributed by atoms with van der Waals surface area (Å²) in [6.07, 6.45) is 5.26. The number of nitrogens with one attached hydrogen (secondary N) is 2. The third kappa shape index (κ3) is 13.9. The number of aryl methyl sites for hydroxylation is 3. The van der Waals surface area contributed by atoms with E-state index in [2.05, 4.69) is 71.8 Å². The third-order valence-corrected chi connectivity index (χ3v) is 14.9. The molecule has 0 saturated heterocycles. The van der Waals surface area contributed by atoms with Crippen molar-refractivity contribution in [2.24, 2.45) is 0 Å². The van der Waals surface area contributed by atoms with Gasteiger partial charge in [-0.3, -0.25) is 24.5 Å². The summed E-state index contributed by atoms with van der Waals surface area (Å²) in [5.74, 6) is -4.93. The molecule has 0 aliphatic rings. The molecule has 0 saturated carbocycles. The number of allylic oxidation sites excluding steroid dienone is 1. The minimum absolute atomic E-state index is 0.0738. The lowest BCUT2D eigenvalue weighted by Gasteiger charge is -2.15. The zero-order valence-electron chi connectivity index (χ0n) is 49.9. The Balaban J connectivity index is 0.000000158. The van der Waals surface area contributed by atoms with Gasteiger partial charge in [0.25, 0.3) is 11.8 Å². The van der Waals surface area contributed by atoms with Crippen molar-refractivity contribution in [3.8, 4) is 0 Å². The highest BCUT2D eigenvalue weighted by Gasteiger charge is 2.28. The van der Waals surface area contributed by atoms with E-state index in [0.717, 1.165) is 113 Å². The van der Waals surface area contributed by atoms with Crippen molar-refractivity contribution in [3.63, 3.8) is 0 Å². The Bertz CT molecular complexity index is 4340. The van der Waals surface area contributed by atoms with Gasteiger partial charge in [-0.2, -0.15) is 0 Å². The lowest BCUT2D eigenvalue weighted by Crippen LogP contribution is -2.24. The van der Waals surface area contributed by atoms with Crippen LogP contribution in [0.1, 0.15) is 140 Å². The number of benzene rings is 5. The summed E-state index contributed by atoms with van der Waals surface area (Å²) in [4.78, 5) is 51.8. The van der Waals surface area contributed by atoms with Crippen LogP contribution in [0.15, 0.2) is 171 Å². The van der Waals surface area contributed by atoms with E-state index in [0.29, 0.717) is 47.5 Å². The Kier molecular flexibility index (Phi) is 19.1. The summed E-state index contributed by atoms with van der Waals surface area (Å²) < 4.78 is 59.8. The molecule has 0 bridgehead atoms. The number of aromatic nitrogens is 6. The molecule has 0 fully saturated rings. The number of nitrogens with zero attached hydrogens (tertiary/aromatic N) is 6. The Morgan fingerprint density at radius 1 is 0.483 bits per heavy atom. The van der Waals surface area contributed by atoms with E-state index in [-0.39, 0.29) is 36.7 Å². The zero-order chi connectivity index (χ0) is 62.2. The maximum Gasteiger partial charge on any atom is 0.338 e. The molecule has 0 radical (unpaired) electrons. The normalized spacial score (nSPS) is 11.2. The van der Waals surface area contributed by atoms with E-state index >= 15 is 0 Å². The van der Waals surface area contributed by atoms with Gasteiger partial charge in [-0.25, -0.2) is 22.4 Å². The van der Waals surface area contributed by atoms with E-state index in [4.69, 9.17) is 0 Å². The second kappa shape index (κ2) is 27.0. The number of hydrogen-bond acceptors (Lipinski definition) is 6. The molecule has 6 aromatic heterocycles. The second-order valence-corrected chi connectivity index (χ2v) is 22.3. The molecule has 11 aromatic rings. The van der Waals surface area contributed by atoms with Crippen LogP contribution < -0.4 is 10.6 Å². The molecule has 444 valence electrons. The molecule has 5 aromatic carbocycles.